The Hall–Kier alpha value is -1.64. The maximum Gasteiger partial charge on any atom is 0.243 e. The Labute approximate surface area is 121 Å². The van der Waals surface area contributed by atoms with Crippen LogP contribution >= 0.6 is 0 Å². The Kier molecular flexibility index (Phi) is 4.58. The molecule has 1 aromatic carbocycles. The second kappa shape index (κ2) is 6.21. The van der Waals surface area contributed by atoms with Crippen LogP contribution in [0.25, 0.3) is 0 Å². The van der Waals surface area contributed by atoms with Crippen molar-refractivity contribution >= 4 is 11.6 Å². The minimum atomic E-state index is 0.0534. The van der Waals surface area contributed by atoms with E-state index >= 15 is 0 Å². The predicted molar refractivity (Wildman–Crippen MR) is 82.5 cm³/mol. The van der Waals surface area contributed by atoms with E-state index in [0.29, 0.717) is 17.8 Å². The predicted octanol–water partition coefficient (Wildman–Crippen LogP) is 3.57. The maximum absolute atomic E-state index is 12.1. The highest BCUT2D eigenvalue weighted by Gasteiger charge is 2.43. The molecule has 1 aliphatic rings. The van der Waals surface area contributed by atoms with Gasteiger partial charge in [-0.3, -0.25) is 4.79 Å². The zero-order valence-corrected chi connectivity index (χ0v) is 12.8. The van der Waals surface area contributed by atoms with Gasteiger partial charge in [0, 0.05) is 11.6 Å². The first-order valence-corrected chi connectivity index (χ1v) is 7.43. The number of hydrogen-bond donors (Lipinski definition) is 1. The number of carbonyl (C=O) groups excluding carboxylic acids is 1. The Morgan fingerprint density at radius 3 is 2.30 bits per heavy atom. The Bertz CT molecular complexity index is 481. The monoisotopic (exact) mass is 272 g/mol. The lowest BCUT2D eigenvalue weighted by Crippen LogP contribution is -2.25. The first-order chi connectivity index (χ1) is 9.50. The van der Waals surface area contributed by atoms with Crippen molar-refractivity contribution in [2.45, 2.75) is 40.0 Å². The number of benzene rings is 1. The van der Waals surface area contributed by atoms with Gasteiger partial charge in [0.2, 0.25) is 5.91 Å². The Morgan fingerprint density at radius 2 is 1.75 bits per heavy atom. The molecule has 0 bridgehead atoms. The van der Waals surface area contributed by atoms with Gasteiger partial charge in [-0.2, -0.15) is 5.10 Å². The van der Waals surface area contributed by atoms with Crippen LogP contribution in [0.1, 0.15) is 45.6 Å². The molecule has 1 aromatic rings. The number of rotatable bonds is 5. The van der Waals surface area contributed by atoms with Crippen LogP contribution in [0.15, 0.2) is 35.4 Å². The summed E-state index contributed by atoms with van der Waals surface area (Å²) >= 11 is 0. The fraction of sp³-hybridized carbons (Fsp3) is 0.529. The van der Waals surface area contributed by atoms with Gasteiger partial charge in [-0.05, 0) is 29.7 Å². The molecule has 1 fully saturated rings. The van der Waals surface area contributed by atoms with Gasteiger partial charge in [-0.1, -0.05) is 58.0 Å². The lowest BCUT2D eigenvalue weighted by molar-refractivity contribution is -0.122. The molecule has 3 nitrogen and oxygen atoms in total. The van der Waals surface area contributed by atoms with Crippen molar-refractivity contribution < 1.29 is 4.79 Å². The van der Waals surface area contributed by atoms with Gasteiger partial charge in [0.25, 0.3) is 0 Å². The van der Waals surface area contributed by atoms with Crippen LogP contribution in [0, 0.1) is 17.8 Å². The highest BCUT2D eigenvalue weighted by atomic mass is 16.2. The number of nitrogens with one attached hydrogen (secondary N) is 1. The van der Waals surface area contributed by atoms with E-state index < -0.39 is 0 Å². The van der Waals surface area contributed by atoms with Crippen LogP contribution in [0.3, 0.4) is 0 Å². The van der Waals surface area contributed by atoms with Gasteiger partial charge >= 0.3 is 0 Å². The fourth-order valence-electron chi connectivity index (χ4n) is 2.68. The summed E-state index contributed by atoms with van der Waals surface area (Å²) in [5, 5.41) is 4.33. The van der Waals surface area contributed by atoms with Crippen molar-refractivity contribution in [3.8, 4) is 0 Å². The topological polar surface area (TPSA) is 41.5 Å². The molecule has 0 spiro atoms. The highest BCUT2D eigenvalue weighted by molar-refractivity contribution is 5.90. The molecule has 0 radical (unpaired) electrons. The molecule has 1 saturated carbocycles. The quantitative estimate of drug-likeness (QED) is 0.646. The van der Waals surface area contributed by atoms with Crippen LogP contribution in [0.2, 0.25) is 0 Å². The van der Waals surface area contributed by atoms with Crippen molar-refractivity contribution in [3.63, 3.8) is 0 Å². The Balaban J connectivity index is 1.93. The highest BCUT2D eigenvalue weighted by Crippen LogP contribution is 2.47. The summed E-state index contributed by atoms with van der Waals surface area (Å²) < 4.78 is 0. The van der Waals surface area contributed by atoms with Crippen molar-refractivity contribution in [2.24, 2.45) is 22.9 Å². The second-order valence-corrected chi connectivity index (χ2v) is 6.18. The first-order valence-electron chi connectivity index (χ1n) is 7.43. The smallest absolute Gasteiger partial charge is 0.243 e. The summed E-state index contributed by atoms with van der Waals surface area (Å²) in [5.74, 6) is 1.23. The van der Waals surface area contributed by atoms with Gasteiger partial charge in [0.15, 0.2) is 0 Å². The lowest BCUT2D eigenvalue weighted by atomic mass is 9.98. The van der Waals surface area contributed by atoms with Gasteiger partial charge in [0.05, 0.1) is 0 Å². The van der Waals surface area contributed by atoms with E-state index in [0.717, 1.165) is 12.1 Å². The zero-order chi connectivity index (χ0) is 14.7. The van der Waals surface area contributed by atoms with E-state index in [4.69, 9.17) is 0 Å². The lowest BCUT2D eigenvalue weighted by Gasteiger charge is -2.13. The third kappa shape index (κ3) is 3.47. The summed E-state index contributed by atoms with van der Waals surface area (Å²) in [4.78, 5) is 12.1. The molecule has 2 atom stereocenters. The minimum Gasteiger partial charge on any atom is -0.273 e. The minimum absolute atomic E-state index is 0.0534. The number of nitrogens with zero attached hydrogens (tertiary/aromatic N) is 1. The number of amides is 1. The van der Waals surface area contributed by atoms with E-state index in [9.17, 15) is 4.79 Å². The van der Waals surface area contributed by atoms with Crippen LogP contribution in [0.4, 0.5) is 0 Å². The van der Waals surface area contributed by atoms with E-state index in [2.05, 4.69) is 50.4 Å². The molecule has 20 heavy (non-hydrogen) atoms. The van der Waals surface area contributed by atoms with Crippen LogP contribution in [-0.2, 0) is 4.79 Å². The van der Waals surface area contributed by atoms with Gasteiger partial charge < -0.3 is 0 Å². The molecule has 1 amide bonds. The summed E-state index contributed by atoms with van der Waals surface area (Å²) in [6.07, 6.45) is 0.935. The summed E-state index contributed by atoms with van der Waals surface area (Å²) in [7, 11) is 0. The number of hydrogen-bond acceptors (Lipinski definition) is 2. The van der Waals surface area contributed by atoms with E-state index in [1.807, 2.05) is 18.2 Å². The number of carbonyl (C=O) groups is 1. The molecule has 0 aromatic heterocycles. The SMILES string of the molecule is CC(C)C(=NNC(=O)C1CC1c1ccccc1)C(C)C. The molecule has 3 heteroatoms. The molecule has 2 unspecified atom stereocenters. The van der Waals surface area contributed by atoms with E-state index in [1.54, 1.807) is 0 Å². The largest absolute Gasteiger partial charge is 0.273 e. The van der Waals surface area contributed by atoms with Crippen LogP contribution < -0.4 is 5.43 Å². The normalized spacial score (nSPS) is 20.9. The standard InChI is InChI=1S/C17H24N2O/c1-11(2)16(12(3)4)18-19-17(20)15-10-14(15)13-8-6-5-7-9-13/h5-9,11-12,14-15H,10H2,1-4H3,(H,19,20). The molecule has 0 heterocycles. The first kappa shape index (κ1) is 14.8. The fourth-order valence-corrected chi connectivity index (χ4v) is 2.68. The Morgan fingerprint density at radius 1 is 1.15 bits per heavy atom. The van der Waals surface area contributed by atoms with E-state index in [-0.39, 0.29) is 11.8 Å². The third-order valence-electron chi connectivity index (χ3n) is 3.83. The molecule has 1 N–H and O–H groups in total. The molecule has 1 aliphatic carbocycles. The molecular weight excluding hydrogens is 248 g/mol. The summed E-state index contributed by atoms with van der Waals surface area (Å²) in [6, 6.07) is 10.2. The van der Waals surface area contributed by atoms with Crippen molar-refractivity contribution in [1.82, 2.24) is 5.43 Å². The molecular formula is C17H24N2O. The summed E-state index contributed by atoms with van der Waals surface area (Å²) in [6.45, 7) is 8.42. The van der Waals surface area contributed by atoms with Gasteiger partial charge in [0.1, 0.15) is 0 Å². The molecule has 2 rings (SSSR count). The van der Waals surface area contributed by atoms with Gasteiger partial charge in [-0.25, -0.2) is 5.43 Å². The van der Waals surface area contributed by atoms with Crippen LogP contribution in [0.5, 0.6) is 0 Å². The number of hydrazone groups is 1. The average molecular weight is 272 g/mol. The third-order valence-corrected chi connectivity index (χ3v) is 3.83. The van der Waals surface area contributed by atoms with Crippen molar-refractivity contribution in [2.75, 3.05) is 0 Å². The van der Waals surface area contributed by atoms with Gasteiger partial charge in [-0.15, -0.1) is 0 Å². The maximum atomic E-state index is 12.1. The van der Waals surface area contributed by atoms with Crippen molar-refractivity contribution in [1.29, 1.82) is 0 Å². The van der Waals surface area contributed by atoms with E-state index in [1.165, 1.54) is 5.56 Å². The van der Waals surface area contributed by atoms with Crippen molar-refractivity contribution in [3.05, 3.63) is 35.9 Å². The molecule has 0 saturated heterocycles. The summed E-state index contributed by atoms with van der Waals surface area (Å²) in [5.41, 5.74) is 5.06. The average Bonchev–Trinajstić information content (AvgIpc) is 3.19. The molecule has 108 valence electrons. The molecule has 0 aliphatic heterocycles. The zero-order valence-electron chi connectivity index (χ0n) is 12.8. The van der Waals surface area contributed by atoms with Crippen LogP contribution in [-0.4, -0.2) is 11.6 Å². The second-order valence-electron chi connectivity index (χ2n) is 6.18.